The summed E-state index contributed by atoms with van der Waals surface area (Å²) >= 11 is 0. The average Bonchev–Trinajstić information content (AvgIpc) is 0.815. The SMILES string of the molecule is CC(C)(C)OC(=O)N[C@@H](CCCCNC(=O)OCc1ccccc1)C(=O)C[C@@H](Cc1ccccc1)C(N)=O.Cc1cc(O)cc(C)c1CC(CC(=O)OC(C)(C)C)C(=O)N[C@@H](CCCCNC(=O)OCc1ccccc1)C(=O)C[C@@H](Cc1ccccc1)C(N)=O.Cc1cc(O)cc(C)c1CC(CC(=O)OC(C)(C)C)C(=O)O.Cl.NC(=O)[C@@H](CC(=O)[C@@H](N)CCCCNC(=O)OCc1ccccc1)Cc1ccccc1. The molecule has 0 heterocycles. The smallest absolute Gasteiger partial charge is 0.408 e. The number of benzene rings is 8. The molecule has 8 aromatic carbocycles. The molecule has 0 aliphatic heterocycles. The highest BCUT2D eigenvalue weighted by Crippen LogP contribution is 2.30. The van der Waals surface area contributed by atoms with Gasteiger partial charge >= 0.3 is 42.3 Å². The van der Waals surface area contributed by atoms with Crippen molar-refractivity contribution in [2.75, 3.05) is 19.6 Å². The Bertz CT molecular complexity index is 5330. The molecule has 8 atom stereocenters. The quantitative estimate of drug-likeness (QED) is 0.00957. The van der Waals surface area contributed by atoms with Crippen molar-refractivity contribution in [1.29, 1.82) is 0 Å². The summed E-state index contributed by atoms with van der Waals surface area (Å²) in [4.78, 5) is 174. The highest BCUT2D eigenvalue weighted by Gasteiger charge is 2.35. The summed E-state index contributed by atoms with van der Waals surface area (Å²) in [6.45, 7) is 24.5. The number of ketones is 3. The van der Waals surface area contributed by atoms with Crippen molar-refractivity contribution >= 4 is 95.7 Å². The number of nitrogens with two attached hydrogens (primary N) is 4. The molecule has 0 bridgehead atoms. The second-order valence-electron chi connectivity index (χ2n) is 38.5. The monoisotopic (exact) mass is 2010 g/mol. The zero-order valence-corrected chi connectivity index (χ0v) is 86.0. The molecule has 16 N–H and O–H groups in total. The van der Waals surface area contributed by atoms with Crippen molar-refractivity contribution in [3.63, 3.8) is 0 Å². The van der Waals surface area contributed by atoms with Gasteiger partial charge in [0.05, 0.1) is 42.8 Å². The number of phenolic OH excluding ortho intramolecular Hbond substituents is 2. The fraction of sp³-hybridized carbons (Fsp3) is 0.441. The maximum atomic E-state index is 14.0. The van der Waals surface area contributed by atoms with E-state index >= 15 is 0 Å². The normalized spacial score (nSPS) is 12.7. The van der Waals surface area contributed by atoms with Crippen molar-refractivity contribution in [2.45, 2.75) is 267 Å². The highest BCUT2D eigenvalue weighted by molar-refractivity contribution is 5.94. The number of hydrogen-bond donors (Lipinski definition) is 12. The van der Waals surface area contributed by atoms with Crippen molar-refractivity contribution in [2.24, 2.45) is 52.5 Å². The minimum absolute atomic E-state index is 0. The molecule has 0 radical (unpaired) electrons. The fourth-order valence-corrected chi connectivity index (χ4v) is 15.3. The topological polar surface area (TPSA) is 519 Å². The van der Waals surface area contributed by atoms with E-state index in [4.69, 9.17) is 51.4 Å². The summed E-state index contributed by atoms with van der Waals surface area (Å²) < 4.78 is 31.7. The van der Waals surface area contributed by atoms with Crippen LogP contribution in [0.25, 0.3) is 0 Å². The fourth-order valence-electron chi connectivity index (χ4n) is 15.3. The number of halogens is 1. The van der Waals surface area contributed by atoms with Crippen LogP contribution >= 0.6 is 12.4 Å². The van der Waals surface area contributed by atoms with Crippen LogP contribution in [0.1, 0.15) is 219 Å². The predicted octanol–water partition coefficient (Wildman–Crippen LogP) is 16.2. The van der Waals surface area contributed by atoms with E-state index in [2.05, 4.69) is 26.6 Å². The van der Waals surface area contributed by atoms with Crippen LogP contribution in [0.4, 0.5) is 19.2 Å². The van der Waals surface area contributed by atoms with E-state index in [1.807, 2.05) is 210 Å². The Hall–Kier alpha value is -14.0. The molecule has 0 aromatic heterocycles. The van der Waals surface area contributed by atoms with E-state index < -0.39 is 130 Å². The number of hydrogen-bond acceptors (Lipinski definition) is 23. The number of aromatic hydroxyl groups is 2. The van der Waals surface area contributed by atoms with Gasteiger partial charge in [-0.2, -0.15) is 0 Å². The molecule has 144 heavy (non-hydrogen) atoms. The number of aryl methyl sites for hydroxylation is 4. The van der Waals surface area contributed by atoms with E-state index in [-0.39, 0.29) is 125 Å². The molecule has 0 fully saturated rings. The van der Waals surface area contributed by atoms with Gasteiger partial charge in [0.2, 0.25) is 23.6 Å². The van der Waals surface area contributed by atoms with Gasteiger partial charge < -0.3 is 93.3 Å². The number of aliphatic carboxylic acids is 1. The third-order valence-electron chi connectivity index (χ3n) is 22.6. The lowest BCUT2D eigenvalue weighted by molar-refractivity contribution is -0.159. The lowest BCUT2D eigenvalue weighted by Crippen LogP contribution is -2.46. The van der Waals surface area contributed by atoms with Crippen LogP contribution in [0, 0.1) is 57.3 Å². The molecule has 33 heteroatoms. The Kier molecular flexibility index (Phi) is 54.2. The number of phenols is 2. The first-order chi connectivity index (χ1) is 67.6. The first kappa shape index (κ1) is 122. The molecular weight excluding hydrogens is 1860 g/mol. The summed E-state index contributed by atoms with van der Waals surface area (Å²) in [6.07, 6.45) is 2.83. The molecule has 0 aliphatic rings. The second kappa shape index (κ2) is 63.8. The van der Waals surface area contributed by atoms with Gasteiger partial charge in [0.15, 0.2) is 11.6 Å². The lowest BCUT2D eigenvalue weighted by atomic mass is 9.88. The Balaban J connectivity index is 0.000000417. The second-order valence-corrected chi connectivity index (χ2v) is 38.5. The van der Waals surface area contributed by atoms with Crippen LogP contribution in [0.5, 0.6) is 11.5 Å². The summed E-state index contributed by atoms with van der Waals surface area (Å²) in [7, 11) is 0. The van der Waals surface area contributed by atoms with Crippen LogP contribution in [0.15, 0.2) is 206 Å². The molecule has 0 spiro atoms. The van der Waals surface area contributed by atoms with Crippen LogP contribution in [0.2, 0.25) is 0 Å². The number of esters is 2. The number of alkyl carbamates (subject to hydrolysis) is 4. The first-order valence-corrected chi connectivity index (χ1v) is 48.3. The number of Topliss-reactive ketones (excluding diaryl/α,β-unsaturated/α-hetero) is 3. The molecule has 8 amide bonds. The highest BCUT2D eigenvalue weighted by atomic mass is 35.5. The number of rotatable bonds is 51. The van der Waals surface area contributed by atoms with Gasteiger partial charge in [0.25, 0.3) is 0 Å². The van der Waals surface area contributed by atoms with Crippen molar-refractivity contribution in [3.05, 3.63) is 273 Å². The Morgan fingerprint density at radius 3 is 0.889 bits per heavy atom. The number of amides is 8. The maximum Gasteiger partial charge on any atom is 0.408 e. The standard InChI is InChI=1S/C41H53N3O8.C29H39N3O6.C24H31N3O4.C17H24O5.ClH/c1-27-20-33(45)21-28(2)34(27)23-32(25-37(47)52-41(3,4)5)39(49)44-35(36(46)24-31(38(42)48)22-29-14-8-6-9-15-29)18-12-13-19-43-40(50)51-26-30-16-10-7-11-17-30;1-29(2,3)38-28(36)32-24(25(33)19-23(26(30)34)18-21-12-6-4-7-13-21)16-10-11-17-31-27(35)37-20-22-14-8-5-9-15-22;25-21(22(28)16-20(23(26)29)15-18-9-3-1-4-10-18)13-7-8-14-27-24(30)31-17-19-11-5-2-6-12-19;1-10-6-13(18)7-11(2)14(10)8-12(16(20)21)9-15(19)22-17(3,4)5;/h6-11,14-17,20-21,31-32,35,45H,12-13,18-19,22-26H2,1-5H3,(H2,42,48)(H,43,50)(H,44,49);4-9,12-15,23-24H,10-11,16-20H2,1-3H3,(H2,30,34)(H,31,35)(H,32,36);1-6,9-12,20-21H,7-8,13-17,25H2,(H2,26,29)(H,27,30);6-7,12,18H,8-9H2,1-5H3,(H,20,21);1H/t31-,32?,35+;23-,24+;20-,21+;;/m111../s1. The molecule has 0 saturated heterocycles. The molecule has 8 rings (SSSR count). The predicted molar refractivity (Wildman–Crippen MR) is 551 cm³/mol. The van der Waals surface area contributed by atoms with Crippen LogP contribution in [-0.2, 0) is 128 Å². The Labute approximate surface area is 851 Å². The van der Waals surface area contributed by atoms with E-state index in [9.17, 15) is 82.4 Å². The number of primary amides is 3. The van der Waals surface area contributed by atoms with Crippen LogP contribution < -0.4 is 49.5 Å². The third kappa shape index (κ3) is 51.6. The summed E-state index contributed by atoms with van der Waals surface area (Å²) in [5.41, 5.74) is 30.8. The van der Waals surface area contributed by atoms with Gasteiger partial charge in [0.1, 0.15) is 53.9 Å². The minimum atomic E-state index is -1.03. The molecule has 0 saturated carbocycles. The van der Waals surface area contributed by atoms with Crippen LogP contribution in [0.3, 0.4) is 0 Å². The summed E-state index contributed by atoms with van der Waals surface area (Å²) in [5.74, 6) is -8.73. The molecule has 8 aromatic rings. The minimum Gasteiger partial charge on any atom is -0.508 e. The number of carbonyl (C=O) groups is 14. The molecule has 2 unspecified atom stereocenters. The zero-order chi connectivity index (χ0) is 106. The van der Waals surface area contributed by atoms with Gasteiger partial charge in [-0.25, -0.2) is 19.2 Å². The number of carboxylic acids is 1. The van der Waals surface area contributed by atoms with Gasteiger partial charge in [-0.1, -0.05) is 182 Å². The van der Waals surface area contributed by atoms with E-state index in [1.54, 1.807) is 86.6 Å². The molecule has 0 aliphatic carbocycles. The van der Waals surface area contributed by atoms with E-state index in [0.29, 0.717) is 77.3 Å². The largest absolute Gasteiger partial charge is 0.508 e. The van der Waals surface area contributed by atoms with Gasteiger partial charge in [0, 0.05) is 56.7 Å². The van der Waals surface area contributed by atoms with E-state index in [1.165, 1.54) is 0 Å². The van der Waals surface area contributed by atoms with Gasteiger partial charge in [-0.15, -0.1) is 12.4 Å². The average molecular weight is 2010 g/mol. The van der Waals surface area contributed by atoms with E-state index in [0.717, 1.165) is 66.8 Å². The number of ether oxygens (including phenoxy) is 6. The summed E-state index contributed by atoms with van der Waals surface area (Å²) in [6, 6.07) is 60.0. The number of carboxylic acid groups (broad SMARTS) is 1. The Morgan fingerprint density at radius 2 is 0.597 bits per heavy atom. The third-order valence-corrected chi connectivity index (χ3v) is 22.6. The van der Waals surface area contributed by atoms with Crippen molar-refractivity contribution < 1.29 is 111 Å². The molecule has 32 nitrogen and oxygen atoms in total. The molecule has 782 valence electrons. The van der Waals surface area contributed by atoms with Gasteiger partial charge in [-0.05, 0) is 271 Å². The number of carbonyl (C=O) groups excluding carboxylic acids is 13. The van der Waals surface area contributed by atoms with Crippen molar-refractivity contribution in [1.82, 2.24) is 26.6 Å². The first-order valence-electron chi connectivity index (χ1n) is 48.3. The van der Waals surface area contributed by atoms with Crippen LogP contribution in [-0.4, -0.2) is 153 Å². The molecular formula is C111H148ClN9O23. The lowest BCUT2D eigenvalue weighted by Gasteiger charge is -2.25. The zero-order valence-electron chi connectivity index (χ0n) is 85.2. The van der Waals surface area contributed by atoms with Crippen molar-refractivity contribution in [3.8, 4) is 11.5 Å². The Morgan fingerprint density at radius 1 is 0.326 bits per heavy atom. The van der Waals surface area contributed by atoms with Gasteiger partial charge in [-0.3, -0.25) is 47.9 Å². The number of unbranched alkanes of at least 4 members (excludes halogenated alkanes) is 3. The number of nitrogens with one attached hydrogen (secondary N) is 5. The maximum absolute atomic E-state index is 14.0. The summed E-state index contributed by atoms with van der Waals surface area (Å²) in [5, 5.41) is 42.6.